The number of fused-ring (bicyclic) bond motifs is 10. The smallest absolute Gasteiger partial charge is 0.293 e. The van der Waals surface area contributed by atoms with Crippen LogP contribution in [-0.2, 0) is 81.5 Å². The van der Waals surface area contributed by atoms with Gasteiger partial charge in [-0.25, -0.2) is 61.9 Å². The second-order valence-electron chi connectivity index (χ2n) is 27.3. The Bertz CT molecular complexity index is 6000. The van der Waals surface area contributed by atoms with E-state index in [1.54, 1.807) is 0 Å². The van der Waals surface area contributed by atoms with Crippen LogP contribution in [0.5, 0.6) is 0 Å². The molecule has 4 aliphatic rings. The highest BCUT2D eigenvalue weighted by Crippen LogP contribution is 2.69. The number of nitrogens with zero attached hydrogens (tertiary/aromatic N) is 12. The number of sulfonamides is 2. The topological polar surface area (TPSA) is 292 Å². The van der Waals surface area contributed by atoms with Crippen LogP contribution in [-0.4, -0.2) is 99.4 Å². The molecule has 1 unspecified atom stereocenters. The maximum absolute atomic E-state index is 15.4. The van der Waals surface area contributed by atoms with E-state index in [1.165, 1.54) is 84.1 Å². The third-order valence-electron chi connectivity index (χ3n) is 19.6. The molecular weight excluding hydrogens is 1630 g/mol. The fourth-order valence-corrected chi connectivity index (χ4v) is 17.1. The van der Waals surface area contributed by atoms with Gasteiger partial charge in [0, 0.05) is 62.0 Å². The molecule has 6 heterocycles. The van der Waals surface area contributed by atoms with Crippen molar-refractivity contribution in [2.24, 2.45) is 25.9 Å². The predicted molar refractivity (Wildman–Crippen MR) is 386 cm³/mol. The van der Waals surface area contributed by atoms with E-state index in [0.717, 1.165) is 45.9 Å². The maximum Gasteiger partial charge on any atom is 0.293 e. The average molecular weight is 1680 g/mol. The molecule has 584 valence electrons. The van der Waals surface area contributed by atoms with Crippen molar-refractivity contribution in [3.05, 3.63) is 218 Å². The Morgan fingerprint density at radius 3 is 1.21 bits per heavy atom. The Hall–Kier alpha value is -10.3. The summed E-state index contributed by atoms with van der Waals surface area (Å²) in [4.78, 5) is 66.5. The van der Waals surface area contributed by atoms with Gasteiger partial charge in [-0.05, 0) is 109 Å². The second kappa shape index (κ2) is 27.8. The molecule has 16 rings (SSSR count). The van der Waals surface area contributed by atoms with Crippen LogP contribution in [0.3, 0.4) is 0 Å². The van der Waals surface area contributed by atoms with Crippen molar-refractivity contribution in [3.8, 4) is 11.4 Å². The number of amides is 2. The summed E-state index contributed by atoms with van der Waals surface area (Å²) in [6, 6.07) is 16.3. The zero-order chi connectivity index (χ0) is 80.3. The Balaban J connectivity index is 0.000000177. The minimum atomic E-state index is -3.90. The molecule has 6 aromatic heterocycles. The summed E-state index contributed by atoms with van der Waals surface area (Å²) in [5.41, 5.74) is -5.33. The molecule has 0 aliphatic heterocycles. The molecule has 4 N–H and O–H groups in total. The first-order valence-electron chi connectivity index (χ1n) is 33.4. The zero-order valence-corrected chi connectivity index (χ0v) is 62.3. The molecule has 6 atom stereocenters. The molecule has 4 aliphatic carbocycles. The summed E-state index contributed by atoms with van der Waals surface area (Å²) < 4.78 is 235. The first kappa shape index (κ1) is 77.1. The monoisotopic (exact) mass is 1680 g/mol. The van der Waals surface area contributed by atoms with Gasteiger partial charge in [0.25, 0.3) is 35.8 Å². The lowest BCUT2D eigenvalue weighted by molar-refractivity contribution is -0.123. The molecule has 2 saturated carbocycles. The molecule has 0 saturated heterocycles. The van der Waals surface area contributed by atoms with Gasteiger partial charge in [0.1, 0.15) is 70.8 Å². The third kappa shape index (κ3) is 13.8. The Morgan fingerprint density at radius 1 is 0.518 bits per heavy atom. The Labute approximate surface area is 642 Å². The lowest BCUT2D eigenvalue weighted by Gasteiger charge is -2.24. The van der Waals surface area contributed by atoms with Crippen molar-refractivity contribution in [3.63, 3.8) is 0 Å². The molecule has 0 radical (unpaired) electrons. The van der Waals surface area contributed by atoms with E-state index in [4.69, 9.17) is 46.4 Å². The summed E-state index contributed by atoms with van der Waals surface area (Å²) in [6.07, 6.45) is -5.53. The van der Waals surface area contributed by atoms with E-state index < -0.39 is 175 Å². The number of aryl methyl sites for hydroxylation is 2. The van der Waals surface area contributed by atoms with Crippen molar-refractivity contribution in [1.82, 2.24) is 68.9 Å². The number of benzene rings is 6. The number of carbonyl (C=O) groups is 2. The van der Waals surface area contributed by atoms with Gasteiger partial charge >= 0.3 is 0 Å². The predicted octanol–water partition coefficient (Wildman–Crippen LogP) is 13.3. The highest BCUT2D eigenvalue weighted by Gasteiger charge is 2.68. The molecule has 24 nitrogen and oxygen atoms in total. The highest BCUT2D eigenvalue weighted by atomic mass is 35.5. The van der Waals surface area contributed by atoms with E-state index >= 15 is 17.6 Å². The fourth-order valence-electron chi connectivity index (χ4n) is 15.2. The molecule has 0 spiro atoms. The summed E-state index contributed by atoms with van der Waals surface area (Å²) in [5.74, 6) is -18.0. The van der Waals surface area contributed by atoms with Gasteiger partial charge < -0.3 is 10.6 Å². The van der Waals surface area contributed by atoms with Crippen molar-refractivity contribution in [1.29, 1.82) is 0 Å². The maximum atomic E-state index is 15.4. The summed E-state index contributed by atoms with van der Waals surface area (Å²) in [6.45, 7) is -1.95. The lowest BCUT2D eigenvalue weighted by atomic mass is 10.0. The van der Waals surface area contributed by atoms with Crippen LogP contribution in [0.4, 0.5) is 64.3 Å². The quantitative estimate of drug-likeness (QED) is 0.0516. The van der Waals surface area contributed by atoms with E-state index in [2.05, 4.69) is 50.4 Å². The molecule has 2 fully saturated rings. The number of aromatic nitrogens is 12. The number of hydrogen-bond acceptors (Lipinski definition) is 14. The summed E-state index contributed by atoms with van der Waals surface area (Å²) >= 11 is 26.1. The number of carbonyl (C=O) groups excluding carboxylic acids is 2. The van der Waals surface area contributed by atoms with Crippen LogP contribution in [0.25, 0.3) is 55.0 Å². The SMILES string of the molecule is Cn1nc(NS(C)(=O)=O)c2c(Cl)ccc(-n3c(C(Cc4cc(F)cc(F)c4)NC(=O)Cn4nc(C(F)F)c5c4C(F)(F)[C@@H]4C[C@H]54)nc4cccc(Cl)c4c3=O)c21.Cn1nc(NS(C)(=O)=O)c2c(Cl)ccc(-n3c([C@H](Cc4cc(F)cc(F)c4)NC(=O)Cn4nc(C(F)F)c5c4C(F)(F)[C@@H]4C[C@H]54)nc4cccc(Cl)c4c3=O)c21. The van der Waals surface area contributed by atoms with Gasteiger partial charge in [-0.3, -0.25) is 56.5 Å². The molecular formula is C70H52Cl4F12N16O8S2. The first-order valence-corrected chi connectivity index (χ1v) is 38.7. The summed E-state index contributed by atoms with van der Waals surface area (Å²) in [7, 11) is -4.92. The van der Waals surface area contributed by atoms with Gasteiger partial charge in [-0.1, -0.05) is 58.5 Å². The molecule has 112 heavy (non-hydrogen) atoms. The highest BCUT2D eigenvalue weighted by molar-refractivity contribution is 7.92. The van der Waals surface area contributed by atoms with Crippen molar-refractivity contribution >= 4 is 134 Å². The Kier molecular flexibility index (Phi) is 19.1. The zero-order valence-electron chi connectivity index (χ0n) is 57.6. The van der Waals surface area contributed by atoms with Gasteiger partial charge in [0.05, 0.1) is 99.7 Å². The normalized spacial score (nSPS) is 17.7. The molecule has 42 heteroatoms. The molecule has 6 aromatic carbocycles. The van der Waals surface area contributed by atoms with Crippen molar-refractivity contribution < 1.29 is 79.1 Å². The largest absolute Gasteiger partial charge is 0.344 e. The minimum Gasteiger partial charge on any atom is -0.344 e. The van der Waals surface area contributed by atoms with Crippen LogP contribution in [0, 0.1) is 35.1 Å². The van der Waals surface area contributed by atoms with Crippen LogP contribution in [0.2, 0.25) is 20.1 Å². The molecule has 12 aromatic rings. The van der Waals surface area contributed by atoms with Gasteiger partial charge in [0.2, 0.25) is 31.9 Å². The number of alkyl halides is 8. The van der Waals surface area contributed by atoms with Crippen LogP contribution < -0.4 is 31.2 Å². The van der Waals surface area contributed by atoms with Crippen molar-refractivity contribution in [2.75, 3.05) is 22.0 Å². The van der Waals surface area contributed by atoms with Crippen LogP contribution >= 0.6 is 46.4 Å². The third-order valence-corrected chi connectivity index (χ3v) is 22.0. The average Bonchev–Trinajstić information content (AvgIpc) is 1.52. The fraction of sp³-hybridized carbons (Fsp3) is 0.286. The second-order valence-corrected chi connectivity index (χ2v) is 32.4. The lowest BCUT2D eigenvalue weighted by Crippen LogP contribution is -2.38. The minimum absolute atomic E-state index is 0.000498. The standard InChI is InChI=1S/2C35H26Cl2F6N8O4S/c2*1-49-29-23(7-6-20(37)27(29)32(47-49)48-56(2,54)55)51-33(45-21-5-3-4-19(36)26(21)34(51)53)22(10-14-8-15(38)11-16(39)9-14)44-24(52)13-50-30-25(28(46-50)31(40)41)17-12-18(17)35(30,42)43/h2*3-9,11,17-18,22,31H,10,12-13H2,1-2H3,(H,44,52)(H,47,48)/t17-,18+,22?;17-,18+,22-/m00/s1. The van der Waals surface area contributed by atoms with Crippen molar-refractivity contribution in [2.45, 2.75) is 87.4 Å². The van der Waals surface area contributed by atoms with E-state index in [9.17, 15) is 71.1 Å². The Morgan fingerprint density at radius 2 is 0.866 bits per heavy atom. The first-order chi connectivity index (χ1) is 52.7. The molecule has 0 bridgehead atoms. The number of rotatable bonds is 20. The molecule has 2 amide bonds. The van der Waals surface area contributed by atoms with E-state index in [1.807, 2.05) is 0 Å². The van der Waals surface area contributed by atoms with E-state index in [0.29, 0.717) is 21.5 Å². The van der Waals surface area contributed by atoms with Gasteiger partial charge in [-0.2, -0.15) is 38.0 Å². The van der Waals surface area contributed by atoms with Crippen LogP contribution in [0.15, 0.2) is 107 Å². The van der Waals surface area contributed by atoms with Gasteiger partial charge in [-0.15, -0.1) is 0 Å². The summed E-state index contributed by atoms with van der Waals surface area (Å²) in [5, 5.41) is 21.1. The number of anilines is 2. The number of hydrogen-bond donors (Lipinski definition) is 4. The van der Waals surface area contributed by atoms with E-state index in [-0.39, 0.29) is 133 Å². The number of halogens is 16. The van der Waals surface area contributed by atoms with Crippen LogP contribution in [0.1, 0.15) is 106 Å². The van der Waals surface area contributed by atoms with Gasteiger partial charge in [0.15, 0.2) is 11.6 Å². The number of nitrogens with one attached hydrogen (secondary N) is 4.